The monoisotopic (exact) mass is 212 g/mol. The van der Waals surface area contributed by atoms with Gasteiger partial charge in [0.2, 0.25) is 0 Å². The zero-order valence-corrected chi connectivity index (χ0v) is 10.8. The maximum atomic E-state index is 2.70. The Bertz CT molecular complexity index is 145. The molecule has 2 fully saturated rings. The van der Waals surface area contributed by atoms with Gasteiger partial charge in [0.1, 0.15) is 0 Å². The van der Waals surface area contributed by atoms with E-state index < -0.39 is 0 Å². The van der Waals surface area contributed by atoms with E-state index >= 15 is 0 Å². The summed E-state index contributed by atoms with van der Waals surface area (Å²) in [4.78, 5) is 5.14. The molecule has 0 aromatic rings. The van der Waals surface area contributed by atoms with E-state index in [1.165, 1.54) is 58.3 Å². The molecule has 0 radical (unpaired) electrons. The van der Waals surface area contributed by atoms with Gasteiger partial charge in [0.25, 0.3) is 0 Å². The van der Waals surface area contributed by atoms with E-state index in [1.807, 2.05) is 0 Å². The van der Waals surface area contributed by atoms with Crippen LogP contribution in [0.5, 0.6) is 0 Å². The summed E-state index contributed by atoms with van der Waals surface area (Å²) in [5.41, 5.74) is 0. The summed E-state index contributed by atoms with van der Waals surface area (Å²) in [7, 11) is 2.23. The Morgan fingerprint density at radius 3 is 1.87 bits per heavy atom. The molecule has 2 aliphatic rings. The summed E-state index contributed by atoms with van der Waals surface area (Å²) >= 11 is 0. The van der Waals surface area contributed by atoms with Gasteiger partial charge in [0.15, 0.2) is 0 Å². The van der Waals surface area contributed by atoms with E-state index in [4.69, 9.17) is 0 Å². The van der Waals surface area contributed by atoms with E-state index in [0.717, 1.165) is 6.04 Å². The van der Waals surface area contributed by atoms with E-state index in [2.05, 4.69) is 30.7 Å². The van der Waals surface area contributed by atoms with Crippen molar-refractivity contribution < 1.29 is 0 Å². The minimum atomic E-state index is 0.943. The summed E-state index contributed by atoms with van der Waals surface area (Å²) < 4.78 is 0. The molecule has 90 valence electrons. The first-order chi connectivity index (χ1) is 7.27. The standard InChI is InChI=1S/C10H20N2.C3H8/c1-11-6-8-12(9-7-11)10-4-2-3-5-10;1-3-2/h10H,2-9H2,1H3;3H2,1-2H3. The van der Waals surface area contributed by atoms with Crippen LogP contribution in [-0.4, -0.2) is 49.1 Å². The minimum Gasteiger partial charge on any atom is -0.304 e. The van der Waals surface area contributed by atoms with Crippen LogP contribution in [0, 0.1) is 0 Å². The van der Waals surface area contributed by atoms with Crippen LogP contribution in [0.25, 0.3) is 0 Å². The third kappa shape index (κ3) is 4.52. The summed E-state index contributed by atoms with van der Waals surface area (Å²) in [5.74, 6) is 0. The second kappa shape index (κ2) is 7.24. The first-order valence-electron chi connectivity index (χ1n) is 6.70. The van der Waals surface area contributed by atoms with E-state index in [1.54, 1.807) is 0 Å². The van der Waals surface area contributed by atoms with E-state index in [0.29, 0.717) is 0 Å². The van der Waals surface area contributed by atoms with Gasteiger partial charge in [-0.1, -0.05) is 33.1 Å². The van der Waals surface area contributed by atoms with Crippen LogP contribution >= 0.6 is 0 Å². The maximum absolute atomic E-state index is 2.70. The number of rotatable bonds is 1. The Labute approximate surface area is 95.6 Å². The van der Waals surface area contributed by atoms with Crippen molar-refractivity contribution in [1.29, 1.82) is 0 Å². The third-order valence-corrected chi connectivity index (χ3v) is 3.38. The van der Waals surface area contributed by atoms with Crippen molar-refractivity contribution in [3.63, 3.8) is 0 Å². The second-order valence-electron chi connectivity index (χ2n) is 4.98. The average molecular weight is 212 g/mol. The molecule has 0 unspecified atom stereocenters. The maximum Gasteiger partial charge on any atom is 0.0113 e. The number of hydrogen-bond acceptors (Lipinski definition) is 2. The largest absolute Gasteiger partial charge is 0.304 e. The molecule has 0 atom stereocenters. The highest BCUT2D eigenvalue weighted by molar-refractivity contribution is 4.80. The van der Waals surface area contributed by atoms with Crippen LogP contribution in [0.15, 0.2) is 0 Å². The molecule has 0 aromatic heterocycles. The number of piperazine rings is 1. The first kappa shape index (κ1) is 13.0. The number of nitrogens with zero attached hydrogens (tertiary/aromatic N) is 2. The number of likely N-dealkylation sites (N-methyl/N-ethyl adjacent to an activating group) is 1. The minimum absolute atomic E-state index is 0.943. The highest BCUT2D eigenvalue weighted by atomic mass is 15.3. The smallest absolute Gasteiger partial charge is 0.0113 e. The van der Waals surface area contributed by atoms with Crippen LogP contribution in [0.4, 0.5) is 0 Å². The molecule has 0 amide bonds. The van der Waals surface area contributed by atoms with Crippen molar-refractivity contribution >= 4 is 0 Å². The molecule has 1 aliphatic carbocycles. The zero-order valence-electron chi connectivity index (χ0n) is 10.8. The fourth-order valence-corrected chi connectivity index (χ4v) is 2.46. The summed E-state index contributed by atoms with van der Waals surface area (Å²) in [6.45, 7) is 9.41. The predicted octanol–water partition coefficient (Wildman–Crippen LogP) is 2.59. The second-order valence-corrected chi connectivity index (χ2v) is 4.98. The fraction of sp³-hybridized carbons (Fsp3) is 1.00. The average Bonchev–Trinajstić information content (AvgIpc) is 2.73. The van der Waals surface area contributed by atoms with Crippen LogP contribution in [-0.2, 0) is 0 Å². The SMILES string of the molecule is CCC.CN1CCN(C2CCCC2)CC1. The molecule has 2 nitrogen and oxygen atoms in total. The van der Waals surface area contributed by atoms with Gasteiger partial charge < -0.3 is 4.90 Å². The van der Waals surface area contributed by atoms with Crippen molar-refractivity contribution in [1.82, 2.24) is 9.80 Å². The molecule has 1 saturated heterocycles. The summed E-state index contributed by atoms with van der Waals surface area (Å²) in [6, 6.07) is 0.943. The van der Waals surface area contributed by atoms with Crippen molar-refractivity contribution in [2.45, 2.75) is 52.0 Å². The molecule has 1 aliphatic heterocycles. The van der Waals surface area contributed by atoms with E-state index in [9.17, 15) is 0 Å². The van der Waals surface area contributed by atoms with Gasteiger partial charge >= 0.3 is 0 Å². The Hall–Kier alpha value is -0.0800. The Balaban J connectivity index is 0.000000337. The van der Waals surface area contributed by atoms with Gasteiger partial charge in [0, 0.05) is 32.2 Å². The normalized spacial score (nSPS) is 25.0. The predicted molar refractivity (Wildman–Crippen MR) is 67.3 cm³/mol. The van der Waals surface area contributed by atoms with E-state index in [-0.39, 0.29) is 0 Å². The van der Waals surface area contributed by atoms with Gasteiger partial charge in [-0.05, 0) is 19.9 Å². The Morgan fingerprint density at radius 1 is 0.933 bits per heavy atom. The lowest BCUT2D eigenvalue weighted by molar-refractivity contribution is 0.114. The third-order valence-electron chi connectivity index (χ3n) is 3.38. The van der Waals surface area contributed by atoms with Gasteiger partial charge in [-0.25, -0.2) is 0 Å². The molecule has 0 N–H and O–H groups in total. The Morgan fingerprint density at radius 2 is 1.40 bits per heavy atom. The van der Waals surface area contributed by atoms with Crippen molar-refractivity contribution in [2.75, 3.05) is 33.2 Å². The summed E-state index contributed by atoms with van der Waals surface area (Å²) in [6.07, 6.45) is 7.11. The van der Waals surface area contributed by atoms with Crippen molar-refractivity contribution in [3.8, 4) is 0 Å². The molecule has 0 spiro atoms. The molecular weight excluding hydrogens is 184 g/mol. The molecule has 0 bridgehead atoms. The topological polar surface area (TPSA) is 6.48 Å². The lowest BCUT2D eigenvalue weighted by atomic mass is 10.2. The lowest BCUT2D eigenvalue weighted by Crippen LogP contribution is -2.48. The zero-order chi connectivity index (χ0) is 11.1. The van der Waals surface area contributed by atoms with Crippen LogP contribution in [0.3, 0.4) is 0 Å². The number of hydrogen-bond donors (Lipinski definition) is 0. The highest BCUT2D eigenvalue weighted by Crippen LogP contribution is 2.23. The van der Waals surface area contributed by atoms with Gasteiger partial charge in [-0.15, -0.1) is 0 Å². The first-order valence-corrected chi connectivity index (χ1v) is 6.70. The molecule has 2 heteroatoms. The molecule has 15 heavy (non-hydrogen) atoms. The molecular formula is C13H28N2. The van der Waals surface area contributed by atoms with Crippen LogP contribution < -0.4 is 0 Å². The van der Waals surface area contributed by atoms with Crippen LogP contribution in [0.1, 0.15) is 46.0 Å². The van der Waals surface area contributed by atoms with Gasteiger partial charge in [-0.2, -0.15) is 0 Å². The highest BCUT2D eigenvalue weighted by Gasteiger charge is 2.24. The fourth-order valence-electron chi connectivity index (χ4n) is 2.46. The lowest BCUT2D eigenvalue weighted by Gasteiger charge is -2.36. The van der Waals surface area contributed by atoms with Crippen molar-refractivity contribution in [2.24, 2.45) is 0 Å². The summed E-state index contributed by atoms with van der Waals surface area (Å²) in [5, 5.41) is 0. The van der Waals surface area contributed by atoms with Gasteiger partial charge in [0.05, 0.1) is 0 Å². The van der Waals surface area contributed by atoms with Crippen LogP contribution in [0.2, 0.25) is 0 Å². The van der Waals surface area contributed by atoms with Gasteiger partial charge in [-0.3, -0.25) is 4.90 Å². The molecule has 1 saturated carbocycles. The molecule has 1 heterocycles. The quantitative estimate of drug-likeness (QED) is 0.659. The van der Waals surface area contributed by atoms with Crippen molar-refractivity contribution in [3.05, 3.63) is 0 Å². The molecule has 0 aromatic carbocycles. The molecule has 2 rings (SSSR count). The Kier molecular flexibility index (Phi) is 6.26.